The van der Waals surface area contributed by atoms with Crippen LogP contribution in [0.1, 0.15) is 103 Å². The molecule has 12 heteroatoms. The van der Waals surface area contributed by atoms with Crippen LogP contribution in [-0.2, 0) is 23.7 Å². The highest BCUT2D eigenvalue weighted by Crippen LogP contribution is 2.29. The van der Waals surface area contributed by atoms with Gasteiger partial charge >= 0.3 is 0 Å². The van der Waals surface area contributed by atoms with Gasteiger partial charge in [0, 0.05) is 7.11 Å². The average molecular weight is 625 g/mol. The van der Waals surface area contributed by atoms with Gasteiger partial charge in [-0.3, -0.25) is 0 Å². The molecular formula is C31H60O12. The molecule has 0 aliphatic carbocycles. The largest absolute Gasteiger partial charge is 0.394 e. The van der Waals surface area contributed by atoms with E-state index in [0.29, 0.717) is 0 Å². The second-order valence-corrected chi connectivity index (χ2v) is 12.1. The molecule has 256 valence electrons. The Kier molecular flexibility index (Phi) is 19.9. The number of rotatable bonds is 23. The maximum absolute atomic E-state index is 10.8. The number of unbranched alkanes of at least 4 members (excludes halogenated alkanes) is 13. The molecule has 0 spiro atoms. The van der Waals surface area contributed by atoms with Gasteiger partial charge in [0.1, 0.15) is 48.8 Å². The topological polar surface area (TPSA) is 188 Å². The SMILES string of the molecule is CCCCCCCCCCCCCCCCC(CO[C@H]1O[C@H](CO)[C@@H](O[C@@H]2O[C@H](CO)[C@H](O)[C@H](O)[C@H]2O)[C@H](O)[C@H]1O)OC. The zero-order chi connectivity index (χ0) is 31.6. The smallest absolute Gasteiger partial charge is 0.187 e. The molecule has 2 aliphatic rings. The Labute approximate surface area is 257 Å². The lowest BCUT2D eigenvalue weighted by molar-refractivity contribution is -0.360. The number of hydrogen-bond donors (Lipinski definition) is 7. The third kappa shape index (κ3) is 13.0. The van der Waals surface area contributed by atoms with Gasteiger partial charge in [0.15, 0.2) is 12.6 Å². The van der Waals surface area contributed by atoms with Crippen LogP contribution in [0.15, 0.2) is 0 Å². The lowest BCUT2D eigenvalue weighted by Crippen LogP contribution is -2.64. The quantitative estimate of drug-likeness (QED) is 0.0814. The van der Waals surface area contributed by atoms with Crippen LogP contribution in [0.5, 0.6) is 0 Å². The predicted octanol–water partition coefficient (Wildman–Crippen LogP) is 1.51. The van der Waals surface area contributed by atoms with Crippen molar-refractivity contribution in [2.75, 3.05) is 26.9 Å². The molecule has 2 aliphatic heterocycles. The van der Waals surface area contributed by atoms with E-state index in [9.17, 15) is 35.7 Å². The normalized spacial score (nSPS) is 34.0. The van der Waals surface area contributed by atoms with Crippen molar-refractivity contribution in [3.8, 4) is 0 Å². The van der Waals surface area contributed by atoms with Crippen molar-refractivity contribution >= 4 is 0 Å². The first-order chi connectivity index (χ1) is 20.8. The van der Waals surface area contributed by atoms with E-state index in [2.05, 4.69) is 6.92 Å². The fraction of sp³-hybridized carbons (Fsp3) is 1.00. The van der Waals surface area contributed by atoms with Crippen molar-refractivity contribution in [3.63, 3.8) is 0 Å². The Morgan fingerprint density at radius 1 is 0.581 bits per heavy atom. The van der Waals surface area contributed by atoms with E-state index in [1.54, 1.807) is 7.11 Å². The first kappa shape index (κ1) is 38.7. The zero-order valence-corrected chi connectivity index (χ0v) is 26.3. The summed E-state index contributed by atoms with van der Waals surface area (Å²) in [4.78, 5) is 0. The van der Waals surface area contributed by atoms with E-state index < -0.39 is 74.6 Å². The first-order valence-corrected chi connectivity index (χ1v) is 16.5. The van der Waals surface area contributed by atoms with Crippen molar-refractivity contribution in [1.29, 1.82) is 0 Å². The number of hydrogen-bond acceptors (Lipinski definition) is 12. The Morgan fingerprint density at radius 2 is 1.07 bits per heavy atom. The van der Waals surface area contributed by atoms with Gasteiger partial charge in [-0.05, 0) is 6.42 Å². The first-order valence-electron chi connectivity index (χ1n) is 16.5. The number of aliphatic hydroxyl groups is 7. The standard InChI is InChI=1S/C31H60O12/c1-3-4-5-6-7-8-9-10-11-12-13-14-15-16-17-21(39-2)20-40-30-28(38)26(36)29(23(19-33)42-30)43-31-27(37)25(35)24(34)22(18-32)41-31/h21-38H,3-20H2,1-2H3/t21?,22-,23-,24+,25+,26-,27-,28-,29-,30+,31+/m1/s1. The van der Waals surface area contributed by atoms with E-state index in [0.717, 1.165) is 19.3 Å². The number of aliphatic hydroxyl groups excluding tert-OH is 7. The van der Waals surface area contributed by atoms with E-state index in [1.807, 2.05) is 0 Å². The van der Waals surface area contributed by atoms with Crippen LogP contribution in [-0.4, -0.2) is 130 Å². The molecule has 2 heterocycles. The lowest BCUT2D eigenvalue weighted by atomic mass is 9.97. The Bertz CT molecular complexity index is 683. The molecule has 0 aromatic rings. The van der Waals surface area contributed by atoms with Crippen molar-refractivity contribution in [3.05, 3.63) is 0 Å². The molecule has 7 N–H and O–H groups in total. The summed E-state index contributed by atoms with van der Waals surface area (Å²) in [5.74, 6) is 0. The van der Waals surface area contributed by atoms with E-state index in [1.165, 1.54) is 77.0 Å². The summed E-state index contributed by atoms with van der Waals surface area (Å²) in [6, 6.07) is 0. The van der Waals surface area contributed by atoms with Crippen LogP contribution < -0.4 is 0 Å². The van der Waals surface area contributed by atoms with Gasteiger partial charge in [-0.2, -0.15) is 0 Å². The van der Waals surface area contributed by atoms with E-state index in [-0.39, 0.29) is 12.7 Å². The molecule has 11 atom stereocenters. The van der Waals surface area contributed by atoms with Crippen LogP contribution in [0.2, 0.25) is 0 Å². The molecule has 12 nitrogen and oxygen atoms in total. The average Bonchev–Trinajstić information content (AvgIpc) is 3.01. The Morgan fingerprint density at radius 3 is 1.58 bits per heavy atom. The molecule has 0 radical (unpaired) electrons. The highest BCUT2D eigenvalue weighted by atomic mass is 16.7. The molecule has 0 aromatic carbocycles. The van der Waals surface area contributed by atoms with Gasteiger partial charge in [-0.1, -0.05) is 96.8 Å². The van der Waals surface area contributed by atoms with Crippen molar-refractivity contribution in [2.45, 2.75) is 171 Å². The molecule has 0 bridgehead atoms. The van der Waals surface area contributed by atoms with Gasteiger partial charge in [-0.15, -0.1) is 0 Å². The van der Waals surface area contributed by atoms with Crippen LogP contribution >= 0.6 is 0 Å². The third-order valence-electron chi connectivity index (χ3n) is 8.62. The van der Waals surface area contributed by atoms with Gasteiger partial charge in [-0.25, -0.2) is 0 Å². The summed E-state index contributed by atoms with van der Waals surface area (Å²) in [5.41, 5.74) is 0. The van der Waals surface area contributed by atoms with Crippen molar-refractivity contribution < 1.29 is 59.4 Å². The summed E-state index contributed by atoms with van der Waals surface area (Å²) in [6.07, 6.45) is 3.73. The molecule has 0 aromatic heterocycles. The molecule has 0 saturated carbocycles. The van der Waals surface area contributed by atoms with Crippen LogP contribution in [0.25, 0.3) is 0 Å². The summed E-state index contributed by atoms with van der Waals surface area (Å²) >= 11 is 0. The second-order valence-electron chi connectivity index (χ2n) is 12.1. The fourth-order valence-electron chi connectivity index (χ4n) is 5.73. The van der Waals surface area contributed by atoms with E-state index >= 15 is 0 Å². The molecule has 2 saturated heterocycles. The molecule has 43 heavy (non-hydrogen) atoms. The summed E-state index contributed by atoms with van der Waals surface area (Å²) in [5, 5.41) is 70.9. The monoisotopic (exact) mass is 624 g/mol. The van der Waals surface area contributed by atoms with Gasteiger partial charge in [0.25, 0.3) is 0 Å². The maximum atomic E-state index is 10.8. The highest BCUT2D eigenvalue weighted by Gasteiger charge is 2.50. The summed E-state index contributed by atoms with van der Waals surface area (Å²) in [7, 11) is 1.59. The predicted molar refractivity (Wildman–Crippen MR) is 158 cm³/mol. The molecule has 2 rings (SSSR count). The van der Waals surface area contributed by atoms with E-state index in [4.69, 9.17) is 23.7 Å². The van der Waals surface area contributed by atoms with Crippen LogP contribution in [0, 0.1) is 0 Å². The van der Waals surface area contributed by atoms with Gasteiger partial charge in [0.2, 0.25) is 0 Å². The lowest BCUT2D eigenvalue weighted by Gasteiger charge is -2.46. The molecule has 1 unspecified atom stereocenters. The van der Waals surface area contributed by atoms with Crippen molar-refractivity contribution in [2.24, 2.45) is 0 Å². The zero-order valence-electron chi connectivity index (χ0n) is 26.3. The summed E-state index contributed by atoms with van der Waals surface area (Å²) in [6.45, 7) is 1.09. The maximum Gasteiger partial charge on any atom is 0.187 e. The van der Waals surface area contributed by atoms with Crippen LogP contribution in [0.3, 0.4) is 0 Å². The third-order valence-corrected chi connectivity index (χ3v) is 8.62. The van der Waals surface area contributed by atoms with Crippen molar-refractivity contribution in [1.82, 2.24) is 0 Å². The van der Waals surface area contributed by atoms with Crippen LogP contribution in [0.4, 0.5) is 0 Å². The van der Waals surface area contributed by atoms with Gasteiger partial charge < -0.3 is 59.4 Å². The highest BCUT2D eigenvalue weighted by molar-refractivity contribution is 4.94. The second kappa shape index (κ2) is 22.1. The minimum atomic E-state index is -1.71. The van der Waals surface area contributed by atoms with Gasteiger partial charge in [0.05, 0.1) is 25.9 Å². The molecular weight excluding hydrogens is 564 g/mol. The molecule has 2 fully saturated rings. The Balaban J connectivity index is 1.66. The minimum absolute atomic E-state index is 0.111. The fourth-order valence-corrected chi connectivity index (χ4v) is 5.73. The minimum Gasteiger partial charge on any atom is -0.394 e. The Hall–Kier alpha value is -0.480. The summed E-state index contributed by atoms with van der Waals surface area (Å²) < 4.78 is 27.8. The number of ether oxygens (including phenoxy) is 5. The number of methoxy groups -OCH3 is 1. The molecule has 0 amide bonds.